The summed E-state index contributed by atoms with van der Waals surface area (Å²) in [5, 5.41) is 3.04. The van der Waals surface area contributed by atoms with E-state index in [4.69, 9.17) is 11.6 Å². The lowest BCUT2D eigenvalue weighted by Gasteiger charge is -2.06. The number of hydrogen-bond donors (Lipinski definition) is 1. The Bertz CT molecular complexity index is 635. The summed E-state index contributed by atoms with van der Waals surface area (Å²) < 4.78 is 14.6. The Morgan fingerprint density at radius 3 is 2.90 bits per heavy atom. The van der Waals surface area contributed by atoms with Crippen molar-refractivity contribution < 1.29 is 9.18 Å². The molecule has 2 rings (SSSR count). The third kappa shape index (κ3) is 5.29. The number of nitrogens with one attached hydrogen (secondary N) is 1. The molecule has 0 aliphatic carbocycles. The molecule has 1 aromatic carbocycles. The molecular weight excluding hydrogens is 397 g/mol. The quantitative estimate of drug-likeness (QED) is 0.684. The monoisotopic (exact) mass is 407 g/mol. The third-order valence-electron chi connectivity index (χ3n) is 2.58. The number of amides is 1. The van der Waals surface area contributed by atoms with Crippen LogP contribution in [0.4, 0.5) is 4.39 Å². The fraction of sp³-hybridized carbons (Fsp3) is 0.214. The van der Waals surface area contributed by atoms with E-state index in [1.807, 2.05) is 6.07 Å². The summed E-state index contributed by atoms with van der Waals surface area (Å²) in [4.78, 5) is 13.1. The van der Waals surface area contributed by atoms with E-state index in [-0.39, 0.29) is 5.56 Å². The lowest BCUT2D eigenvalue weighted by Crippen LogP contribution is -2.26. The second kappa shape index (κ2) is 8.17. The van der Waals surface area contributed by atoms with Crippen LogP contribution in [0, 0.1) is 5.82 Å². The predicted octanol–water partition coefficient (Wildman–Crippen LogP) is 4.97. The van der Waals surface area contributed by atoms with Crippen molar-refractivity contribution in [3.63, 3.8) is 0 Å². The van der Waals surface area contributed by atoms with Gasteiger partial charge in [-0.2, -0.15) is 11.8 Å². The summed E-state index contributed by atoms with van der Waals surface area (Å²) in [6.07, 6.45) is 0. The van der Waals surface area contributed by atoms with Crippen molar-refractivity contribution in [2.24, 2.45) is 0 Å². The largest absolute Gasteiger partial charge is 0.351 e. The summed E-state index contributed by atoms with van der Waals surface area (Å²) in [6, 6.07) is 8.04. The van der Waals surface area contributed by atoms with Crippen LogP contribution in [0.15, 0.2) is 34.1 Å². The fourth-order valence-corrected chi connectivity index (χ4v) is 4.23. The number of carbonyl (C=O) groups excluding carboxylic acids is 1. The molecule has 1 aromatic heterocycles. The van der Waals surface area contributed by atoms with Crippen molar-refractivity contribution in [2.45, 2.75) is 5.75 Å². The van der Waals surface area contributed by atoms with Gasteiger partial charge >= 0.3 is 0 Å². The molecule has 2 aromatic rings. The number of thioether (sulfide) groups is 1. The first-order valence-corrected chi connectivity index (χ1v) is 9.25. The molecular formula is C14H12BrClFNOS2. The van der Waals surface area contributed by atoms with Crippen molar-refractivity contribution in [1.29, 1.82) is 0 Å². The zero-order valence-corrected chi connectivity index (χ0v) is 14.8. The highest BCUT2D eigenvalue weighted by Crippen LogP contribution is 2.25. The van der Waals surface area contributed by atoms with Gasteiger partial charge in [-0.1, -0.05) is 11.6 Å². The lowest BCUT2D eigenvalue weighted by molar-refractivity contribution is 0.0952. The van der Waals surface area contributed by atoms with E-state index in [9.17, 15) is 9.18 Å². The smallest absolute Gasteiger partial charge is 0.254 e. The van der Waals surface area contributed by atoms with Crippen LogP contribution in [0.25, 0.3) is 0 Å². The van der Waals surface area contributed by atoms with Crippen LogP contribution in [0.3, 0.4) is 0 Å². The van der Waals surface area contributed by atoms with E-state index in [1.54, 1.807) is 23.1 Å². The van der Waals surface area contributed by atoms with Crippen LogP contribution in [0.1, 0.15) is 15.2 Å². The summed E-state index contributed by atoms with van der Waals surface area (Å²) >= 11 is 12.6. The number of carbonyl (C=O) groups is 1. The van der Waals surface area contributed by atoms with Crippen LogP contribution < -0.4 is 5.32 Å². The van der Waals surface area contributed by atoms with E-state index in [2.05, 4.69) is 27.3 Å². The maximum Gasteiger partial charge on any atom is 0.254 e. The Kier molecular flexibility index (Phi) is 6.54. The first-order chi connectivity index (χ1) is 10.1. The van der Waals surface area contributed by atoms with Gasteiger partial charge < -0.3 is 5.32 Å². The zero-order chi connectivity index (χ0) is 15.2. The van der Waals surface area contributed by atoms with Gasteiger partial charge in [0.2, 0.25) is 0 Å². The molecule has 1 N–H and O–H groups in total. The minimum Gasteiger partial charge on any atom is -0.351 e. The highest BCUT2D eigenvalue weighted by Gasteiger charge is 2.11. The molecule has 21 heavy (non-hydrogen) atoms. The van der Waals surface area contributed by atoms with Gasteiger partial charge in [0, 0.05) is 28.0 Å². The Morgan fingerprint density at radius 1 is 1.38 bits per heavy atom. The standard InChI is InChI=1S/C14H12BrClFNOS2/c15-13-4-2-10(21-13)8-20-6-5-18-14(19)11-7-9(16)1-3-12(11)17/h1-4,7H,5-6,8H2,(H,18,19). The van der Waals surface area contributed by atoms with Crippen molar-refractivity contribution >= 4 is 56.5 Å². The average molecular weight is 409 g/mol. The molecule has 7 heteroatoms. The van der Waals surface area contributed by atoms with Gasteiger partial charge in [-0.05, 0) is 46.3 Å². The summed E-state index contributed by atoms with van der Waals surface area (Å²) in [5.74, 6) is 0.670. The first kappa shape index (κ1) is 16.8. The normalized spacial score (nSPS) is 10.6. The number of benzene rings is 1. The maximum absolute atomic E-state index is 13.5. The van der Waals surface area contributed by atoms with Gasteiger partial charge in [0.25, 0.3) is 5.91 Å². The zero-order valence-electron chi connectivity index (χ0n) is 10.9. The molecule has 0 spiro atoms. The number of rotatable bonds is 6. The number of hydrogen-bond acceptors (Lipinski definition) is 3. The van der Waals surface area contributed by atoms with Crippen LogP contribution in [0.5, 0.6) is 0 Å². The molecule has 2 nitrogen and oxygen atoms in total. The summed E-state index contributed by atoms with van der Waals surface area (Å²) in [7, 11) is 0. The van der Waals surface area contributed by atoms with E-state index < -0.39 is 11.7 Å². The molecule has 0 atom stereocenters. The van der Waals surface area contributed by atoms with Gasteiger partial charge in [-0.3, -0.25) is 4.79 Å². The molecule has 0 aliphatic rings. The van der Waals surface area contributed by atoms with Gasteiger partial charge in [0.15, 0.2) is 0 Å². The topological polar surface area (TPSA) is 29.1 Å². The van der Waals surface area contributed by atoms with Crippen molar-refractivity contribution in [3.05, 3.63) is 55.4 Å². The first-order valence-electron chi connectivity index (χ1n) is 6.11. The molecule has 0 fully saturated rings. The van der Waals surface area contributed by atoms with Crippen molar-refractivity contribution in [2.75, 3.05) is 12.3 Å². The molecule has 0 saturated heterocycles. The van der Waals surface area contributed by atoms with Gasteiger partial charge in [0.1, 0.15) is 5.82 Å². The van der Waals surface area contributed by atoms with Crippen molar-refractivity contribution in [3.8, 4) is 0 Å². The van der Waals surface area contributed by atoms with Crippen LogP contribution in [-0.4, -0.2) is 18.2 Å². The Morgan fingerprint density at radius 2 is 2.19 bits per heavy atom. The highest BCUT2D eigenvalue weighted by molar-refractivity contribution is 9.11. The van der Waals surface area contributed by atoms with Crippen LogP contribution in [-0.2, 0) is 5.75 Å². The Hall–Kier alpha value is -0.560. The third-order valence-corrected chi connectivity index (χ3v) is 5.63. The molecule has 0 bridgehead atoms. The summed E-state index contributed by atoms with van der Waals surface area (Å²) in [5.41, 5.74) is -0.0188. The van der Waals surface area contributed by atoms with Gasteiger partial charge in [-0.15, -0.1) is 11.3 Å². The highest BCUT2D eigenvalue weighted by atomic mass is 79.9. The van der Waals surface area contributed by atoms with Gasteiger partial charge in [-0.25, -0.2) is 4.39 Å². The van der Waals surface area contributed by atoms with E-state index >= 15 is 0 Å². The molecule has 0 saturated carbocycles. The average Bonchev–Trinajstić information content (AvgIpc) is 2.86. The predicted molar refractivity (Wildman–Crippen MR) is 91.9 cm³/mol. The molecule has 0 aliphatic heterocycles. The van der Waals surface area contributed by atoms with E-state index in [0.29, 0.717) is 11.6 Å². The molecule has 0 radical (unpaired) electrons. The van der Waals surface area contributed by atoms with Crippen molar-refractivity contribution in [1.82, 2.24) is 5.32 Å². The second-order valence-corrected chi connectivity index (χ2v) is 8.23. The van der Waals surface area contributed by atoms with E-state index in [0.717, 1.165) is 15.3 Å². The summed E-state index contributed by atoms with van der Waals surface area (Å²) in [6.45, 7) is 0.488. The fourth-order valence-electron chi connectivity index (χ4n) is 1.61. The number of thiophene rings is 1. The second-order valence-electron chi connectivity index (χ2n) is 4.14. The maximum atomic E-state index is 13.5. The SMILES string of the molecule is O=C(NCCSCc1ccc(Br)s1)c1cc(Cl)ccc1F. The molecule has 112 valence electrons. The Balaban J connectivity index is 1.73. The molecule has 1 amide bonds. The Labute approximate surface area is 144 Å². The minimum absolute atomic E-state index is 0.0188. The van der Waals surface area contributed by atoms with Gasteiger partial charge in [0.05, 0.1) is 9.35 Å². The van der Waals surface area contributed by atoms with Crippen LogP contribution >= 0.6 is 50.6 Å². The lowest BCUT2D eigenvalue weighted by atomic mass is 10.2. The molecule has 0 unspecified atom stereocenters. The van der Waals surface area contributed by atoms with E-state index in [1.165, 1.54) is 23.1 Å². The minimum atomic E-state index is -0.562. The number of halogens is 3. The molecule has 1 heterocycles. The van der Waals surface area contributed by atoms with Crippen LogP contribution in [0.2, 0.25) is 5.02 Å².